The van der Waals surface area contributed by atoms with Gasteiger partial charge in [-0.3, -0.25) is 9.78 Å². The molecule has 3 nitrogen and oxygen atoms in total. The highest BCUT2D eigenvalue weighted by molar-refractivity contribution is 8.04. The summed E-state index contributed by atoms with van der Waals surface area (Å²) < 4.78 is 0. The Morgan fingerprint density at radius 3 is 2.69 bits per heavy atom. The highest BCUT2D eigenvalue weighted by atomic mass is 32.2. The van der Waals surface area contributed by atoms with E-state index in [1.165, 1.54) is 0 Å². The molecule has 0 spiro atoms. The zero-order valence-corrected chi connectivity index (χ0v) is 7.49. The fourth-order valence-corrected chi connectivity index (χ4v) is 2.66. The van der Waals surface area contributed by atoms with Crippen molar-refractivity contribution >= 4 is 23.2 Å². The number of nitrogens with zero attached hydrogens (tertiary/aromatic N) is 2. The second-order valence-electron chi connectivity index (χ2n) is 2.93. The molecule has 0 aromatic carbocycles. The summed E-state index contributed by atoms with van der Waals surface area (Å²) in [4.78, 5) is 17.2. The minimum atomic E-state index is -0.00241. The molecule has 1 atom stereocenters. The van der Waals surface area contributed by atoms with Crippen LogP contribution in [0.2, 0.25) is 0 Å². The largest absolute Gasteiger partial charge is 0.317 e. The molecule has 0 radical (unpaired) electrons. The van der Waals surface area contributed by atoms with Crippen LogP contribution in [-0.2, 0) is 4.79 Å². The van der Waals surface area contributed by atoms with Gasteiger partial charge in [0.2, 0.25) is 5.78 Å². The third-order valence-corrected chi connectivity index (χ3v) is 3.26. The summed E-state index contributed by atoms with van der Waals surface area (Å²) in [6.45, 7) is 0. The van der Waals surface area contributed by atoms with Crippen LogP contribution in [0.15, 0.2) is 35.6 Å². The van der Waals surface area contributed by atoms with E-state index in [1.807, 2.05) is 22.4 Å². The molecule has 64 valence electrons. The molecule has 3 aliphatic rings. The van der Waals surface area contributed by atoms with Crippen LogP contribution in [0, 0.1) is 0 Å². The fourth-order valence-electron chi connectivity index (χ4n) is 1.57. The highest BCUT2D eigenvalue weighted by Crippen LogP contribution is 2.45. The Balaban J connectivity index is 1.99. The van der Waals surface area contributed by atoms with Gasteiger partial charge in [0, 0.05) is 23.5 Å². The number of carbonyl (C=O) groups excluding carboxylic acids is 1. The number of rotatable bonds is 1. The molecule has 2 bridgehead atoms. The van der Waals surface area contributed by atoms with Crippen LogP contribution in [0.5, 0.6) is 0 Å². The van der Waals surface area contributed by atoms with Crippen molar-refractivity contribution in [3.8, 4) is 0 Å². The molecule has 0 amide bonds. The predicted octanol–water partition coefficient (Wildman–Crippen LogP) is 1.39. The number of hydrogen-bond acceptors (Lipinski definition) is 4. The zero-order chi connectivity index (χ0) is 8.84. The normalized spacial score (nSPS) is 24.3. The lowest BCUT2D eigenvalue weighted by Crippen LogP contribution is -2.48. The van der Waals surface area contributed by atoms with Crippen molar-refractivity contribution in [2.45, 2.75) is 5.37 Å². The Labute approximate surface area is 79.5 Å². The average Bonchev–Trinajstić information content (AvgIpc) is 2.77. The van der Waals surface area contributed by atoms with Gasteiger partial charge in [0.05, 0.1) is 5.70 Å². The molecule has 4 heterocycles. The number of fused-ring (bicyclic) bond motifs is 1. The number of hydrogen-bond donors (Lipinski definition) is 0. The molecular weight excluding hydrogens is 184 g/mol. The standard InChI is InChI=1S/C9H6N2OS/c12-8-7-5-13-9(8)11(7)6-1-3-10-4-2-6/h1-5,9H. The first-order chi connectivity index (χ1) is 6.38. The third-order valence-electron chi connectivity index (χ3n) is 2.22. The van der Waals surface area contributed by atoms with Crippen LogP contribution >= 0.6 is 11.8 Å². The van der Waals surface area contributed by atoms with Gasteiger partial charge in [-0.15, -0.1) is 0 Å². The molecule has 4 heteroatoms. The number of pyridine rings is 1. The topological polar surface area (TPSA) is 33.2 Å². The molecule has 3 aliphatic heterocycles. The maximum Gasteiger partial charge on any atom is 0.213 e. The number of Topliss-reactive ketones (excluding diaryl/α,β-unsaturated/α-hetero) is 1. The maximum atomic E-state index is 11.3. The van der Waals surface area contributed by atoms with Crippen LogP contribution in [0.4, 0.5) is 5.69 Å². The van der Waals surface area contributed by atoms with Crippen LogP contribution < -0.4 is 4.90 Å². The SMILES string of the molecule is O=C1C2=CSC1N2c1ccncc1. The van der Waals surface area contributed by atoms with Gasteiger partial charge >= 0.3 is 0 Å². The van der Waals surface area contributed by atoms with E-state index >= 15 is 0 Å². The molecular formula is C9H6N2OS. The summed E-state index contributed by atoms with van der Waals surface area (Å²) in [5.41, 5.74) is 1.87. The van der Waals surface area contributed by atoms with Crippen LogP contribution in [0.25, 0.3) is 0 Å². The van der Waals surface area contributed by atoms with Crippen LogP contribution in [-0.4, -0.2) is 16.1 Å². The van der Waals surface area contributed by atoms with E-state index in [2.05, 4.69) is 4.98 Å². The lowest BCUT2D eigenvalue weighted by Gasteiger charge is -2.35. The number of aromatic nitrogens is 1. The van der Waals surface area contributed by atoms with Crippen LogP contribution in [0.3, 0.4) is 0 Å². The Morgan fingerprint density at radius 2 is 2.15 bits per heavy atom. The maximum absolute atomic E-state index is 11.3. The van der Waals surface area contributed by atoms with Crippen molar-refractivity contribution in [1.82, 2.24) is 4.98 Å². The highest BCUT2D eigenvalue weighted by Gasteiger charge is 2.48. The van der Waals surface area contributed by atoms with E-state index in [4.69, 9.17) is 0 Å². The summed E-state index contributed by atoms with van der Waals surface area (Å²) in [5.74, 6) is 0.252. The van der Waals surface area contributed by atoms with Crippen molar-refractivity contribution in [2.24, 2.45) is 0 Å². The van der Waals surface area contributed by atoms with E-state index in [1.54, 1.807) is 24.2 Å². The summed E-state index contributed by atoms with van der Waals surface area (Å²) in [7, 11) is 0. The van der Waals surface area contributed by atoms with Crippen molar-refractivity contribution in [3.05, 3.63) is 35.6 Å². The van der Waals surface area contributed by atoms with Gasteiger partial charge in [-0.2, -0.15) is 0 Å². The molecule has 0 saturated carbocycles. The molecule has 0 aliphatic carbocycles. The lowest BCUT2D eigenvalue weighted by molar-refractivity contribution is -0.117. The summed E-state index contributed by atoms with van der Waals surface area (Å²) in [5, 5.41) is 1.92. The molecule has 1 unspecified atom stereocenters. The Kier molecular flexibility index (Phi) is 1.29. The zero-order valence-electron chi connectivity index (χ0n) is 6.68. The number of ketones is 1. The Hall–Kier alpha value is -1.29. The molecule has 0 N–H and O–H groups in total. The smallest absolute Gasteiger partial charge is 0.213 e. The number of carbonyl (C=O) groups is 1. The Bertz CT molecular complexity index is 401. The molecule has 1 aromatic heterocycles. The molecule has 13 heavy (non-hydrogen) atoms. The van der Waals surface area contributed by atoms with Crippen LogP contribution in [0.1, 0.15) is 0 Å². The third kappa shape index (κ3) is 0.808. The quantitative estimate of drug-likeness (QED) is 0.670. The van der Waals surface area contributed by atoms with Crippen molar-refractivity contribution in [1.29, 1.82) is 0 Å². The second-order valence-corrected chi connectivity index (χ2v) is 3.89. The first-order valence-corrected chi connectivity index (χ1v) is 4.91. The molecule has 4 rings (SSSR count). The van der Waals surface area contributed by atoms with Gasteiger partial charge in [-0.25, -0.2) is 0 Å². The molecule has 1 aromatic rings. The first-order valence-electron chi connectivity index (χ1n) is 3.97. The monoisotopic (exact) mass is 190 g/mol. The van der Waals surface area contributed by atoms with Crippen molar-refractivity contribution < 1.29 is 4.79 Å². The van der Waals surface area contributed by atoms with Gasteiger partial charge in [0.15, 0.2) is 0 Å². The van der Waals surface area contributed by atoms with E-state index in [9.17, 15) is 4.79 Å². The van der Waals surface area contributed by atoms with E-state index in [0.29, 0.717) is 0 Å². The fraction of sp³-hybridized carbons (Fsp3) is 0.111. The number of thioether (sulfide) groups is 1. The predicted molar refractivity (Wildman–Crippen MR) is 51.2 cm³/mol. The van der Waals surface area contributed by atoms with Gasteiger partial charge in [0.1, 0.15) is 5.37 Å². The van der Waals surface area contributed by atoms with E-state index in [-0.39, 0.29) is 11.2 Å². The minimum absolute atomic E-state index is 0.00241. The second kappa shape index (κ2) is 2.35. The summed E-state index contributed by atoms with van der Waals surface area (Å²) in [6, 6.07) is 3.83. The minimum Gasteiger partial charge on any atom is -0.317 e. The van der Waals surface area contributed by atoms with E-state index in [0.717, 1.165) is 11.4 Å². The summed E-state index contributed by atoms with van der Waals surface area (Å²) in [6.07, 6.45) is 3.48. The first kappa shape index (κ1) is 7.15. The van der Waals surface area contributed by atoms with Crippen molar-refractivity contribution in [3.63, 3.8) is 0 Å². The van der Waals surface area contributed by atoms with Gasteiger partial charge < -0.3 is 4.90 Å². The molecule has 1 saturated heterocycles. The lowest BCUT2D eigenvalue weighted by atomic mass is 10.1. The Morgan fingerprint density at radius 1 is 1.38 bits per heavy atom. The van der Waals surface area contributed by atoms with Crippen molar-refractivity contribution in [2.75, 3.05) is 4.90 Å². The van der Waals surface area contributed by atoms with Gasteiger partial charge in [-0.1, -0.05) is 11.8 Å². The average molecular weight is 190 g/mol. The van der Waals surface area contributed by atoms with E-state index < -0.39 is 0 Å². The van der Waals surface area contributed by atoms with Gasteiger partial charge in [0.25, 0.3) is 0 Å². The number of anilines is 1. The molecule has 1 fully saturated rings. The van der Waals surface area contributed by atoms with Gasteiger partial charge in [-0.05, 0) is 12.1 Å². The summed E-state index contributed by atoms with van der Waals surface area (Å²) >= 11 is 1.58.